The summed E-state index contributed by atoms with van der Waals surface area (Å²) in [5.41, 5.74) is 0. The number of phosphoric acid groups is 2. The van der Waals surface area contributed by atoms with Gasteiger partial charge in [0.25, 0.3) is 0 Å². The Morgan fingerprint density at radius 3 is 0.731 bits per heavy atom. The smallest absolute Gasteiger partial charge is 0.462 e. The molecule has 0 rings (SSSR count). The number of esters is 4. The minimum Gasteiger partial charge on any atom is -0.462 e. The first-order valence-corrected chi connectivity index (χ1v) is 41.6. The van der Waals surface area contributed by atoms with E-state index in [0.717, 1.165) is 109 Å². The van der Waals surface area contributed by atoms with Gasteiger partial charge in [-0.25, -0.2) is 9.13 Å². The number of hydrogen-bond donors (Lipinski definition) is 3. The van der Waals surface area contributed by atoms with E-state index in [9.17, 15) is 43.2 Å². The molecule has 0 aliphatic heterocycles. The Labute approximate surface area is 568 Å². The largest absolute Gasteiger partial charge is 0.472 e. The number of hydrogen-bond acceptors (Lipinski definition) is 15. The van der Waals surface area contributed by atoms with Crippen LogP contribution in [-0.2, 0) is 65.4 Å². The SMILES string of the molecule is CCCCCCCCCCCCCCCCCCC(=O)OC[C@H](COP(=O)(O)OC[C@@H](O)COP(=O)(O)OC[C@@H](COC(=O)CCCCCCCCC)OC(=O)CCCCCCCCCCCCCCC)OC(=O)CCCCCCCCCCCCCCCCC(C)C. The van der Waals surface area contributed by atoms with Gasteiger partial charge in [-0.15, -0.1) is 0 Å². The fraction of sp³-hybridized carbons (Fsp3) is 0.946. The van der Waals surface area contributed by atoms with Crippen LogP contribution < -0.4 is 0 Å². The molecular formula is C74H144O17P2. The quantitative estimate of drug-likeness (QED) is 0.0222. The lowest BCUT2D eigenvalue weighted by Crippen LogP contribution is -2.30. The minimum atomic E-state index is -4.95. The van der Waals surface area contributed by atoms with Crippen molar-refractivity contribution in [2.24, 2.45) is 5.92 Å². The van der Waals surface area contributed by atoms with Crippen molar-refractivity contribution in [3.63, 3.8) is 0 Å². The zero-order valence-electron chi connectivity index (χ0n) is 60.4. The molecule has 5 atom stereocenters. The second-order valence-corrected chi connectivity index (χ2v) is 30.1. The van der Waals surface area contributed by atoms with Crippen molar-refractivity contribution in [1.82, 2.24) is 0 Å². The molecule has 0 fully saturated rings. The van der Waals surface area contributed by atoms with Crippen LogP contribution in [-0.4, -0.2) is 96.7 Å². The Bertz CT molecular complexity index is 1790. The molecule has 0 bridgehead atoms. The van der Waals surface area contributed by atoms with Gasteiger partial charge in [-0.05, 0) is 31.6 Å². The number of carbonyl (C=O) groups excluding carboxylic acids is 4. The number of ether oxygens (including phenoxy) is 4. The van der Waals surface area contributed by atoms with Gasteiger partial charge in [0.15, 0.2) is 12.2 Å². The number of carbonyl (C=O) groups is 4. The Kier molecular flexibility index (Phi) is 65.9. The molecular weight excluding hydrogens is 1220 g/mol. The van der Waals surface area contributed by atoms with Crippen molar-refractivity contribution in [2.45, 2.75) is 406 Å². The Balaban J connectivity index is 5.20. The molecule has 3 N–H and O–H groups in total. The molecule has 2 unspecified atom stereocenters. The van der Waals surface area contributed by atoms with Gasteiger partial charge in [-0.1, -0.05) is 336 Å². The highest BCUT2D eigenvalue weighted by Crippen LogP contribution is 2.45. The van der Waals surface area contributed by atoms with Gasteiger partial charge in [-0.3, -0.25) is 37.3 Å². The maximum absolute atomic E-state index is 13.1. The van der Waals surface area contributed by atoms with Crippen LogP contribution in [0.2, 0.25) is 0 Å². The van der Waals surface area contributed by atoms with Crippen LogP contribution in [0.15, 0.2) is 0 Å². The molecule has 0 aromatic carbocycles. The molecule has 0 aromatic heterocycles. The van der Waals surface area contributed by atoms with E-state index in [-0.39, 0.29) is 25.7 Å². The topological polar surface area (TPSA) is 237 Å². The van der Waals surface area contributed by atoms with Crippen LogP contribution in [0.5, 0.6) is 0 Å². The van der Waals surface area contributed by atoms with Gasteiger partial charge in [0, 0.05) is 25.7 Å². The van der Waals surface area contributed by atoms with E-state index in [4.69, 9.17) is 37.0 Å². The molecule has 0 spiro atoms. The van der Waals surface area contributed by atoms with Crippen molar-refractivity contribution in [3.05, 3.63) is 0 Å². The first-order valence-electron chi connectivity index (χ1n) is 38.6. The Morgan fingerprint density at radius 1 is 0.290 bits per heavy atom. The van der Waals surface area contributed by atoms with Gasteiger partial charge in [0.1, 0.15) is 19.3 Å². The summed E-state index contributed by atoms with van der Waals surface area (Å²) < 4.78 is 68.4. The van der Waals surface area contributed by atoms with Crippen LogP contribution in [0.25, 0.3) is 0 Å². The Morgan fingerprint density at radius 2 is 0.495 bits per heavy atom. The van der Waals surface area contributed by atoms with Crippen molar-refractivity contribution < 1.29 is 80.2 Å². The highest BCUT2D eigenvalue weighted by molar-refractivity contribution is 7.47. The molecule has 0 aliphatic carbocycles. The summed E-state index contributed by atoms with van der Waals surface area (Å²) in [6, 6.07) is 0. The van der Waals surface area contributed by atoms with Gasteiger partial charge in [0.2, 0.25) is 0 Å². The maximum atomic E-state index is 13.1. The summed E-state index contributed by atoms with van der Waals surface area (Å²) in [6.07, 6.45) is 55.5. The third kappa shape index (κ3) is 68.4. The van der Waals surface area contributed by atoms with E-state index >= 15 is 0 Å². The lowest BCUT2D eigenvalue weighted by molar-refractivity contribution is -0.161. The molecule has 93 heavy (non-hydrogen) atoms. The van der Waals surface area contributed by atoms with E-state index in [1.165, 1.54) is 199 Å². The van der Waals surface area contributed by atoms with E-state index in [1.54, 1.807) is 0 Å². The van der Waals surface area contributed by atoms with E-state index in [1.807, 2.05) is 0 Å². The molecule has 552 valence electrons. The number of unbranched alkanes of at least 4 members (excludes halogenated alkanes) is 46. The van der Waals surface area contributed by atoms with Crippen molar-refractivity contribution in [3.8, 4) is 0 Å². The van der Waals surface area contributed by atoms with Crippen LogP contribution in [0, 0.1) is 5.92 Å². The summed E-state index contributed by atoms with van der Waals surface area (Å²) in [4.78, 5) is 72.6. The van der Waals surface area contributed by atoms with Gasteiger partial charge in [-0.2, -0.15) is 0 Å². The molecule has 0 amide bonds. The Hall–Kier alpha value is -1.94. The maximum Gasteiger partial charge on any atom is 0.472 e. The average molecular weight is 1370 g/mol. The summed E-state index contributed by atoms with van der Waals surface area (Å²) in [7, 11) is -9.90. The fourth-order valence-electron chi connectivity index (χ4n) is 11.4. The second kappa shape index (κ2) is 67.3. The summed E-state index contributed by atoms with van der Waals surface area (Å²) in [5.74, 6) is -1.32. The van der Waals surface area contributed by atoms with Crippen molar-refractivity contribution in [1.29, 1.82) is 0 Å². The van der Waals surface area contributed by atoms with Crippen LogP contribution >= 0.6 is 15.6 Å². The third-order valence-electron chi connectivity index (χ3n) is 17.3. The summed E-state index contributed by atoms with van der Waals surface area (Å²) >= 11 is 0. The fourth-order valence-corrected chi connectivity index (χ4v) is 12.9. The average Bonchev–Trinajstić information content (AvgIpc) is 2.35. The lowest BCUT2D eigenvalue weighted by atomic mass is 10.0. The van der Waals surface area contributed by atoms with Crippen molar-refractivity contribution >= 4 is 39.5 Å². The predicted molar refractivity (Wildman–Crippen MR) is 377 cm³/mol. The monoisotopic (exact) mass is 1370 g/mol. The predicted octanol–water partition coefficient (Wildman–Crippen LogP) is 21.7. The minimum absolute atomic E-state index is 0.108. The zero-order valence-corrected chi connectivity index (χ0v) is 62.2. The molecule has 0 radical (unpaired) electrons. The number of rotatable bonds is 74. The molecule has 0 saturated heterocycles. The number of aliphatic hydroxyl groups excluding tert-OH is 1. The van der Waals surface area contributed by atoms with Crippen LogP contribution in [0.1, 0.15) is 388 Å². The summed E-state index contributed by atoms with van der Waals surface area (Å²) in [5, 5.41) is 10.6. The highest BCUT2D eigenvalue weighted by Gasteiger charge is 2.30. The standard InChI is InChI=1S/C74H144O17P2/c1-6-9-12-15-18-20-22-24-25-26-31-34-38-43-48-53-58-72(77)85-64-70(91-74(79)60-55-50-45-40-36-32-28-27-30-33-37-42-46-51-56-67(4)5)66-89-93(82,83)87-62-68(75)61-86-92(80,81)88-65-69(63-84-71(76)57-52-47-41-17-14-11-8-3)90-73(78)59-54-49-44-39-35-29-23-21-19-16-13-10-7-2/h67-70,75H,6-66H2,1-5H3,(H,80,81)(H,82,83)/t68-,69+,70+/m0/s1. The molecule has 0 aromatic rings. The normalized spacial score (nSPS) is 14.0. The molecule has 19 heteroatoms. The highest BCUT2D eigenvalue weighted by atomic mass is 31.2. The third-order valence-corrected chi connectivity index (χ3v) is 19.2. The number of phosphoric ester groups is 2. The molecule has 0 aliphatic rings. The second-order valence-electron chi connectivity index (χ2n) is 27.2. The van der Waals surface area contributed by atoms with Gasteiger partial charge >= 0.3 is 39.5 Å². The molecule has 0 saturated carbocycles. The van der Waals surface area contributed by atoms with E-state index in [0.29, 0.717) is 25.7 Å². The van der Waals surface area contributed by atoms with Crippen molar-refractivity contribution in [2.75, 3.05) is 39.6 Å². The lowest BCUT2D eigenvalue weighted by Gasteiger charge is -2.21. The van der Waals surface area contributed by atoms with Gasteiger partial charge < -0.3 is 33.8 Å². The van der Waals surface area contributed by atoms with Crippen LogP contribution in [0.4, 0.5) is 0 Å². The number of aliphatic hydroxyl groups is 1. The zero-order chi connectivity index (χ0) is 68.4. The first kappa shape index (κ1) is 91.1. The van der Waals surface area contributed by atoms with E-state index in [2.05, 4.69) is 34.6 Å². The summed E-state index contributed by atoms with van der Waals surface area (Å²) in [6.45, 7) is 7.27. The molecule has 17 nitrogen and oxygen atoms in total. The van der Waals surface area contributed by atoms with E-state index < -0.39 is 97.5 Å². The van der Waals surface area contributed by atoms with Gasteiger partial charge in [0.05, 0.1) is 26.4 Å². The molecule has 0 heterocycles. The first-order chi connectivity index (χ1) is 45.0. The van der Waals surface area contributed by atoms with Crippen LogP contribution in [0.3, 0.4) is 0 Å².